The van der Waals surface area contributed by atoms with Crippen molar-refractivity contribution in [3.63, 3.8) is 0 Å². The Hall–Kier alpha value is -5.05. The molecular formula is C32H33N3O11. The van der Waals surface area contributed by atoms with E-state index in [1.165, 1.54) is 37.2 Å². The molecule has 0 bridgehead atoms. The highest BCUT2D eigenvalue weighted by molar-refractivity contribution is 6.24. The third kappa shape index (κ3) is 4.81. The average Bonchev–Trinajstić information content (AvgIpc) is 3.01. The van der Waals surface area contributed by atoms with E-state index in [-0.39, 0.29) is 35.3 Å². The molecule has 14 nitrogen and oxygen atoms in total. The summed E-state index contributed by atoms with van der Waals surface area (Å²) in [6.07, 6.45) is -0.0387. The fourth-order valence-corrected chi connectivity index (χ4v) is 6.91. The molecule has 14 heteroatoms. The molecule has 0 heterocycles. The predicted octanol–water partition coefficient (Wildman–Crippen LogP) is -0.105. The van der Waals surface area contributed by atoms with Crippen LogP contribution in [0.25, 0.3) is 16.9 Å². The Balaban J connectivity index is 1.62. The van der Waals surface area contributed by atoms with Gasteiger partial charge in [-0.1, -0.05) is 18.2 Å². The van der Waals surface area contributed by atoms with Crippen LogP contribution in [0.3, 0.4) is 0 Å². The lowest BCUT2D eigenvalue weighted by Crippen LogP contribution is -2.65. The number of hydrogen-bond acceptors (Lipinski definition) is 12. The van der Waals surface area contributed by atoms with E-state index in [1.54, 1.807) is 18.2 Å². The number of hydrogen-bond donors (Lipinski definition) is 7. The van der Waals surface area contributed by atoms with Gasteiger partial charge in [0, 0.05) is 17.1 Å². The molecule has 5 atom stereocenters. The number of benzene rings is 2. The van der Waals surface area contributed by atoms with Gasteiger partial charge in [-0.2, -0.15) is 0 Å². The molecule has 0 aliphatic heterocycles. The lowest BCUT2D eigenvalue weighted by atomic mass is 9.57. The molecule has 8 N–H and O–H groups in total. The molecule has 46 heavy (non-hydrogen) atoms. The molecular weight excluding hydrogens is 602 g/mol. The summed E-state index contributed by atoms with van der Waals surface area (Å²) in [4.78, 5) is 65.7. The first-order valence-corrected chi connectivity index (χ1v) is 14.3. The molecule has 1 saturated carbocycles. The Bertz CT molecular complexity index is 1760. The number of nitrogens with one attached hydrogen (secondary N) is 1. The van der Waals surface area contributed by atoms with Crippen molar-refractivity contribution in [2.75, 3.05) is 27.8 Å². The van der Waals surface area contributed by atoms with E-state index in [4.69, 9.17) is 5.73 Å². The molecule has 5 rings (SSSR count). The van der Waals surface area contributed by atoms with E-state index in [9.17, 15) is 49.5 Å². The van der Waals surface area contributed by atoms with Crippen LogP contribution >= 0.6 is 0 Å². The van der Waals surface area contributed by atoms with Crippen LogP contribution in [-0.2, 0) is 30.3 Å². The molecule has 0 saturated heterocycles. The van der Waals surface area contributed by atoms with Crippen LogP contribution < -0.4 is 11.1 Å². The van der Waals surface area contributed by atoms with Crippen molar-refractivity contribution >= 4 is 35.1 Å². The number of rotatable bonds is 7. The number of carbonyl (C=O) groups excluding carboxylic acids is 5. The first-order valence-electron chi connectivity index (χ1n) is 14.3. The summed E-state index contributed by atoms with van der Waals surface area (Å²) < 4.78 is 4.59. The number of carbonyl (C=O) groups is 5. The van der Waals surface area contributed by atoms with E-state index in [0.29, 0.717) is 16.7 Å². The topological polar surface area (TPSA) is 237 Å². The second-order valence-electron chi connectivity index (χ2n) is 11.8. The average molecular weight is 636 g/mol. The number of Topliss-reactive ketones (excluding diaryl/α,β-unsaturated/α-hetero) is 2. The smallest absolute Gasteiger partial charge is 0.330 e. The zero-order valence-electron chi connectivity index (χ0n) is 25.1. The maximum Gasteiger partial charge on any atom is 0.330 e. The Morgan fingerprint density at radius 1 is 1.13 bits per heavy atom. The molecule has 3 aliphatic rings. The maximum atomic E-state index is 14.0. The third-order valence-electron chi connectivity index (χ3n) is 9.01. The number of aromatic hydroxyl groups is 1. The van der Waals surface area contributed by atoms with Crippen molar-refractivity contribution in [2.45, 2.75) is 30.5 Å². The van der Waals surface area contributed by atoms with Gasteiger partial charge >= 0.3 is 5.97 Å². The number of methoxy groups -OCH3 is 1. The van der Waals surface area contributed by atoms with Crippen molar-refractivity contribution in [3.05, 3.63) is 70.0 Å². The van der Waals surface area contributed by atoms with Gasteiger partial charge in [-0.15, -0.1) is 0 Å². The number of aliphatic hydroxyl groups is 4. The van der Waals surface area contributed by atoms with Crippen LogP contribution in [0, 0.1) is 11.8 Å². The molecule has 2 unspecified atom stereocenters. The standard InChI is InChI=1S/C32H33N3O11/c1-35(2)24-18-11-15-10-17-16(13-5-4-6-14(9-13)30(43)34-19(12-36)31(44)46-3)7-8-20(37)22(17)25(38)21(15)27(40)32(18,45)28(41)23(26(24)39)29(33)42/h4-9,15,18-19,24,36-38,41,45H,10-12H2,1-3H3,(H2,33,42)(H,34,43)/t15-,18-,19?,24?,32-/m0/s1. The highest BCUT2D eigenvalue weighted by Gasteiger charge is 2.64. The summed E-state index contributed by atoms with van der Waals surface area (Å²) in [7, 11) is 4.15. The van der Waals surface area contributed by atoms with Crippen LogP contribution in [0.4, 0.5) is 0 Å². The summed E-state index contributed by atoms with van der Waals surface area (Å²) in [5.74, 6) is -9.04. The van der Waals surface area contributed by atoms with Crippen molar-refractivity contribution in [1.82, 2.24) is 10.2 Å². The quantitative estimate of drug-likeness (QED) is 0.156. The first kappa shape index (κ1) is 32.3. The number of ether oxygens (including phenoxy) is 1. The molecule has 3 aliphatic carbocycles. The summed E-state index contributed by atoms with van der Waals surface area (Å²) in [6, 6.07) is 6.57. The van der Waals surface area contributed by atoms with Crippen LogP contribution in [-0.4, -0.2) is 105 Å². The van der Waals surface area contributed by atoms with Gasteiger partial charge in [-0.05, 0) is 67.7 Å². The second-order valence-corrected chi connectivity index (χ2v) is 11.8. The third-order valence-corrected chi connectivity index (χ3v) is 9.01. The molecule has 0 spiro atoms. The van der Waals surface area contributed by atoms with Crippen molar-refractivity contribution in [3.8, 4) is 16.9 Å². The van der Waals surface area contributed by atoms with E-state index in [1.807, 2.05) is 0 Å². The molecule has 2 aromatic rings. The van der Waals surface area contributed by atoms with Crippen molar-refractivity contribution in [1.29, 1.82) is 0 Å². The van der Waals surface area contributed by atoms with E-state index in [0.717, 1.165) is 7.11 Å². The Kier molecular flexibility index (Phi) is 8.23. The van der Waals surface area contributed by atoms with E-state index >= 15 is 0 Å². The van der Waals surface area contributed by atoms with Gasteiger partial charge < -0.3 is 41.3 Å². The number of nitrogens with two attached hydrogens (primary N) is 1. The molecule has 2 amide bonds. The molecule has 0 radical (unpaired) electrons. The lowest BCUT2D eigenvalue weighted by molar-refractivity contribution is -0.153. The van der Waals surface area contributed by atoms with Gasteiger partial charge in [-0.3, -0.25) is 24.1 Å². The van der Waals surface area contributed by atoms with Crippen LogP contribution in [0.1, 0.15) is 27.9 Å². The van der Waals surface area contributed by atoms with Crippen molar-refractivity contribution in [2.24, 2.45) is 17.6 Å². The lowest BCUT2D eigenvalue weighted by Gasteiger charge is -2.50. The van der Waals surface area contributed by atoms with Gasteiger partial charge in [0.15, 0.2) is 17.4 Å². The number of phenols is 1. The van der Waals surface area contributed by atoms with Gasteiger partial charge in [0.1, 0.15) is 22.8 Å². The predicted molar refractivity (Wildman–Crippen MR) is 160 cm³/mol. The van der Waals surface area contributed by atoms with Crippen molar-refractivity contribution < 1.29 is 54.2 Å². The second kappa shape index (κ2) is 11.7. The van der Waals surface area contributed by atoms with Gasteiger partial charge in [0.05, 0.1) is 25.3 Å². The van der Waals surface area contributed by atoms with Gasteiger partial charge in [-0.25, -0.2) is 4.79 Å². The molecule has 0 aromatic heterocycles. The SMILES string of the molecule is COC(=O)C(CO)NC(=O)c1cccc(-c2ccc(O)c3c2C[C@H]2C[C@H]4C(N(C)C)C(=O)C(C(N)=O)=C(O)[C@@]4(O)C(=O)C2=C3O)c1. The van der Waals surface area contributed by atoms with E-state index < -0.39 is 82.6 Å². The number of ketones is 2. The number of esters is 1. The zero-order valence-corrected chi connectivity index (χ0v) is 25.1. The minimum Gasteiger partial charge on any atom is -0.508 e. The monoisotopic (exact) mass is 635 g/mol. The molecule has 2 aromatic carbocycles. The largest absolute Gasteiger partial charge is 0.508 e. The maximum absolute atomic E-state index is 14.0. The minimum atomic E-state index is -2.75. The fourth-order valence-electron chi connectivity index (χ4n) is 6.91. The Labute approximate surface area is 262 Å². The van der Waals surface area contributed by atoms with E-state index in [2.05, 4.69) is 10.1 Å². The number of fused-ring (bicyclic) bond motifs is 3. The Morgan fingerprint density at radius 2 is 1.83 bits per heavy atom. The number of likely N-dealkylation sites (N-methyl/N-ethyl adjacent to an activating group) is 1. The summed E-state index contributed by atoms with van der Waals surface area (Å²) in [5.41, 5.74) is 2.81. The summed E-state index contributed by atoms with van der Waals surface area (Å²) in [6.45, 7) is -0.689. The zero-order chi connectivity index (χ0) is 33.8. The van der Waals surface area contributed by atoms with Crippen LogP contribution in [0.5, 0.6) is 5.75 Å². The number of primary amides is 1. The molecule has 1 fully saturated rings. The number of nitrogens with zero attached hydrogens (tertiary/aromatic N) is 1. The number of amides is 2. The van der Waals surface area contributed by atoms with Gasteiger partial charge in [0.2, 0.25) is 5.78 Å². The highest BCUT2D eigenvalue weighted by Crippen LogP contribution is 2.53. The summed E-state index contributed by atoms with van der Waals surface area (Å²) >= 11 is 0. The number of aliphatic hydroxyl groups excluding tert-OH is 3. The van der Waals surface area contributed by atoms with Gasteiger partial charge in [0.25, 0.3) is 11.8 Å². The number of phenolic OH excluding ortho intramolecular Hbond substituents is 1. The minimum absolute atomic E-state index is 0.0453. The van der Waals surface area contributed by atoms with Crippen LogP contribution in [0.15, 0.2) is 53.3 Å². The molecule has 242 valence electrons. The first-order chi connectivity index (χ1) is 21.7. The summed E-state index contributed by atoms with van der Waals surface area (Å²) in [5, 5.41) is 57.0. The fraction of sp³-hybridized carbons (Fsp3) is 0.344. The normalized spacial score (nSPS) is 24.6. The highest BCUT2D eigenvalue weighted by atomic mass is 16.5. The Morgan fingerprint density at radius 3 is 2.43 bits per heavy atom. The van der Waals surface area contributed by atoms with Crippen LogP contribution in [0.2, 0.25) is 0 Å².